The number of benzene rings is 1. The second kappa shape index (κ2) is 18.3. The van der Waals surface area contributed by atoms with Crippen molar-refractivity contribution in [1.82, 2.24) is 15.5 Å². The van der Waals surface area contributed by atoms with Gasteiger partial charge in [0.15, 0.2) is 0 Å². The molecule has 3 amide bonds. The fourth-order valence-electron chi connectivity index (χ4n) is 3.80. The van der Waals surface area contributed by atoms with Gasteiger partial charge in [-0.3, -0.25) is 19.2 Å². The number of nitrogens with one attached hydrogen (secondary N) is 2. The fourth-order valence-corrected chi connectivity index (χ4v) is 3.80. The first kappa shape index (κ1) is 32.1. The Kier molecular flexibility index (Phi) is 15.9. The van der Waals surface area contributed by atoms with Crippen molar-refractivity contribution in [1.29, 1.82) is 0 Å². The summed E-state index contributed by atoms with van der Waals surface area (Å²) in [6.45, 7) is 5.62. The zero-order valence-corrected chi connectivity index (χ0v) is 22.8. The minimum Gasteiger partial charge on any atom is -0.480 e. The molecule has 0 fully saturated rings. The van der Waals surface area contributed by atoms with Crippen LogP contribution in [-0.2, 0) is 30.5 Å². The van der Waals surface area contributed by atoms with Gasteiger partial charge >= 0.3 is 5.97 Å². The van der Waals surface area contributed by atoms with Gasteiger partial charge in [-0.25, -0.2) is 0 Å². The van der Waals surface area contributed by atoms with Gasteiger partial charge in [-0.2, -0.15) is 0 Å². The number of hydrogen-bond donors (Lipinski definition) is 3. The van der Waals surface area contributed by atoms with Gasteiger partial charge in [-0.05, 0) is 24.8 Å². The van der Waals surface area contributed by atoms with Crippen molar-refractivity contribution in [3.05, 3.63) is 35.9 Å². The molecule has 9 nitrogen and oxygen atoms in total. The summed E-state index contributed by atoms with van der Waals surface area (Å²) in [6, 6.07) is 7.59. The number of aliphatic carboxylic acids is 1. The molecular weight excluding hydrogens is 474 g/mol. The highest BCUT2D eigenvalue weighted by Crippen LogP contribution is 2.13. The SMILES string of the molecule is CC(C)CCCCCCCCC(=O)N(C)[C@H](COCc1ccccc1)C(=O)N[C@H](C)C(=O)NCC(=O)O. The molecule has 1 aromatic rings. The van der Waals surface area contributed by atoms with Crippen LogP contribution in [-0.4, -0.2) is 66.0 Å². The molecule has 37 heavy (non-hydrogen) atoms. The van der Waals surface area contributed by atoms with E-state index < -0.39 is 36.4 Å². The molecule has 0 saturated heterocycles. The Hall–Kier alpha value is -2.94. The molecule has 0 unspecified atom stereocenters. The Labute approximate surface area is 221 Å². The largest absolute Gasteiger partial charge is 0.480 e. The molecule has 2 atom stereocenters. The lowest BCUT2D eigenvalue weighted by molar-refractivity contribution is -0.142. The minimum atomic E-state index is -1.18. The highest BCUT2D eigenvalue weighted by Gasteiger charge is 2.29. The number of amides is 3. The van der Waals surface area contributed by atoms with Crippen molar-refractivity contribution in [2.45, 2.75) is 90.8 Å². The van der Waals surface area contributed by atoms with Crippen molar-refractivity contribution in [3.63, 3.8) is 0 Å². The van der Waals surface area contributed by atoms with E-state index >= 15 is 0 Å². The van der Waals surface area contributed by atoms with Crippen LogP contribution in [0.4, 0.5) is 0 Å². The maximum absolute atomic E-state index is 13.0. The predicted molar refractivity (Wildman–Crippen MR) is 143 cm³/mol. The number of carboxylic acids is 1. The lowest BCUT2D eigenvalue weighted by Gasteiger charge is -2.28. The van der Waals surface area contributed by atoms with E-state index in [1.807, 2.05) is 30.3 Å². The van der Waals surface area contributed by atoms with E-state index in [0.717, 1.165) is 37.2 Å². The van der Waals surface area contributed by atoms with Crippen LogP contribution in [0, 0.1) is 5.92 Å². The van der Waals surface area contributed by atoms with Crippen molar-refractivity contribution in [2.24, 2.45) is 5.92 Å². The quantitative estimate of drug-likeness (QED) is 0.240. The molecule has 0 aliphatic heterocycles. The lowest BCUT2D eigenvalue weighted by atomic mass is 10.0. The third kappa shape index (κ3) is 14.4. The van der Waals surface area contributed by atoms with Crippen LogP contribution in [0.5, 0.6) is 0 Å². The second-order valence-corrected chi connectivity index (χ2v) is 9.92. The molecule has 0 spiro atoms. The van der Waals surface area contributed by atoms with Gasteiger partial charge in [0.2, 0.25) is 17.7 Å². The van der Waals surface area contributed by atoms with Crippen LogP contribution in [0.15, 0.2) is 30.3 Å². The molecule has 0 aromatic heterocycles. The van der Waals surface area contributed by atoms with E-state index in [4.69, 9.17) is 9.84 Å². The molecule has 0 radical (unpaired) electrons. The Morgan fingerprint density at radius 2 is 1.54 bits per heavy atom. The molecule has 0 saturated carbocycles. The van der Waals surface area contributed by atoms with Crippen LogP contribution in [0.2, 0.25) is 0 Å². The second-order valence-electron chi connectivity index (χ2n) is 9.92. The summed E-state index contributed by atoms with van der Waals surface area (Å²) >= 11 is 0. The first-order valence-corrected chi connectivity index (χ1v) is 13.3. The Morgan fingerprint density at radius 3 is 2.16 bits per heavy atom. The predicted octanol–water partition coefficient (Wildman–Crippen LogP) is 3.51. The highest BCUT2D eigenvalue weighted by molar-refractivity contribution is 5.92. The van der Waals surface area contributed by atoms with Gasteiger partial charge < -0.3 is 25.4 Å². The van der Waals surface area contributed by atoms with E-state index in [1.54, 1.807) is 7.05 Å². The zero-order chi connectivity index (χ0) is 27.6. The summed E-state index contributed by atoms with van der Waals surface area (Å²) in [7, 11) is 1.57. The van der Waals surface area contributed by atoms with Crippen LogP contribution in [0.25, 0.3) is 0 Å². The van der Waals surface area contributed by atoms with Crippen molar-refractivity contribution < 1.29 is 29.0 Å². The number of carboxylic acid groups (broad SMARTS) is 1. The normalized spacial score (nSPS) is 12.6. The molecular formula is C28H45N3O6. The minimum absolute atomic E-state index is 0.0394. The van der Waals surface area contributed by atoms with Crippen LogP contribution < -0.4 is 10.6 Å². The molecule has 1 aromatic carbocycles. The van der Waals surface area contributed by atoms with Gasteiger partial charge in [0.1, 0.15) is 18.6 Å². The third-order valence-corrected chi connectivity index (χ3v) is 6.14. The number of ether oxygens (including phenoxy) is 1. The highest BCUT2D eigenvalue weighted by atomic mass is 16.5. The van der Waals surface area contributed by atoms with Crippen LogP contribution in [0.3, 0.4) is 0 Å². The third-order valence-electron chi connectivity index (χ3n) is 6.14. The van der Waals surface area contributed by atoms with Crippen LogP contribution in [0.1, 0.15) is 77.7 Å². The summed E-state index contributed by atoms with van der Waals surface area (Å²) in [5.41, 5.74) is 0.936. The maximum Gasteiger partial charge on any atom is 0.322 e. The Balaban J connectivity index is 2.62. The molecule has 0 bridgehead atoms. The summed E-state index contributed by atoms with van der Waals surface area (Å²) in [5.74, 6) is -1.77. The molecule has 208 valence electrons. The van der Waals surface area contributed by atoms with E-state index in [-0.39, 0.29) is 19.1 Å². The maximum atomic E-state index is 13.0. The lowest BCUT2D eigenvalue weighted by Crippen LogP contribution is -2.55. The van der Waals surface area contributed by atoms with Gasteiger partial charge in [0.25, 0.3) is 0 Å². The number of carbonyl (C=O) groups is 4. The summed E-state index contributed by atoms with van der Waals surface area (Å²) in [4.78, 5) is 50.1. The Morgan fingerprint density at radius 1 is 0.919 bits per heavy atom. The van der Waals surface area contributed by atoms with Gasteiger partial charge in [0.05, 0.1) is 13.2 Å². The number of carbonyl (C=O) groups excluding carboxylic acids is 3. The van der Waals surface area contributed by atoms with E-state index in [1.165, 1.54) is 31.1 Å². The van der Waals surface area contributed by atoms with Crippen molar-refractivity contribution in [2.75, 3.05) is 20.2 Å². The first-order chi connectivity index (χ1) is 17.6. The number of rotatable bonds is 19. The van der Waals surface area contributed by atoms with Gasteiger partial charge in [-0.1, -0.05) is 82.7 Å². The first-order valence-electron chi connectivity index (χ1n) is 13.3. The average Bonchev–Trinajstić information content (AvgIpc) is 2.86. The number of likely N-dealkylation sites (N-methyl/N-ethyl adjacent to an activating group) is 1. The van der Waals surface area contributed by atoms with Gasteiger partial charge in [0, 0.05) is 13.5 Å². The van der Waals surface area contributed by atoms with E-state index in [2.05, 4.69) is 24.5 Å². The summed E-state index contributed by atoms with van der Waals surface area (Å²) in [6.07, 6.45) is 8.00. The molecule has 0 heterocycles. The molecule has 0 aliphatic carbocycles. The number of hydrogen-bond acceptors (Lipinski definition) is 5. The Bertz CT molecular complexity index is 830. The fraction of sp³-hybridized carbons (Fsp3) is 0.643. The molecule has 1 rings (SSSR count). The van der Waals surface area contributed by atoms with Crippen LogP contribution >= 0.6 is 0 Å². The molecule has 0 aliphatic rings. The monoisotopic (exact) mass is 519 g/mol. The van der Waals surface area contributed by atoms with Crippen molar-refractivity contribution >= 4 is 23.7 Å². The smallest absolute Gasteiger partial charge is 0.322 e. The zero-order valence-electron chi connectivity index (χ0n) is 22.8. The molecule has 3 N–H and O–H groups in total. The van der Waals surface area contributed by atoms with E-state index in [0.29, 0.717) is 6.42 Å². The van der Waals surface area contributed by atoms with Gasteiger partial charge in [-0.15, -0.1) is 0 Å². The summed E-state index contributed by atoms with van der Waals surface area (Å²) < 4.78 is 5.76. The average molecular weight is 520 g/mol. The topological polar surface area (TPSA) is 125 Å². The van der Waals surface area contributed by atoms with E-state index in [9.17, 15) is 19.2 Å². The number of nitrogens with zero attached hydrogens (tertiary/aromatic N) is 1. The summed E-state index contributed by atoms with van der Waals surface area (Å²) in [5, 5.41) is 13.5. The number of unbranched alkanes of at least 4 members (excludes halogenated alkanes) is 5. The molecule has 9 heteroatoms. The van der Waals surface area contributed by atoms with Crippen molar-refractivity contribution in [3.8, 4) is 0 Å². The standard InChI is InChI=1S/C28H45N3O6/c1-21(2)14-10-7-5-6-8-13-17-25(32)31(4)24(20-37-19-23-15-11-9-12-16-23)28(36)30-22(3)27(35)29-18-26(33)34/h9,11-12,15-16,21-22,24H,5-8,10,13-14,17-20H2,1-4H3,(H,29,35)(H,30,36)(H,33,34)/t22-,24-/m1/s1.